The fourth-order valence-corrected chi connectivity index (χ4v) is 2.38. The summed E-state index contributed by atoms with van der Waals surface area (Å²) in [5.41, 5.74) is 0.508. The average molecular weight is 302 g/mol. The molecule has 5 heteroatoms. The summed E-state index contributed by atoms with van der Waals surface area (Å²) in [5, 5.41) is -0.766. The van der Waals surface area contributed by atoms with Gasteiger partial charge in [-0.3, -0.25) is 9.59 Å². The molecule has 0 radical (unpaired) electrons. The number of imide groups is 1. The summed E-state index contributed by atoms with van der Waals surface area (Å²) < 4.78 is 5.66. The van der Waals surface area contributed by atoms with Crippen LogP contribution in [0.25, 0.3) is 0 Å². The quantitative estimate of drug-likeness (QED) is 0.645. The molecule has 1 heterocycles. The number of nitrogens with zero attached hydrogens (tertiary/aromatic N) is 1. The highest BCUT2D eigenvalue weighted by Crippen LogP contribution is 2.28. The molecule has 2 aromatic carbocycles. The summed E-state index contributed by atoms with van der Waals surface area (Å²) in [6.07, 6.45) is 0.0443. The molecule has 0 spiro atoms. The number of ether oxygens (including phenoxy) is 1. The Hall–Kier alpha value is -2.33. The SMILES string of the molecule is O=C1CC(Cl)C(=O)N1c1ccc(Oc2ccccc2)cc1. The molecule has 1 atom stereocenters. The average Bonchev–Trinajstić information content (AvgIpc) is 2.74. The number of anilines is 1. The van der Waals surface area contributed by atoms with Crippen LogP contribution in [0.5, 0.6) is 11.5 Å². The van der Waals surface area contributed by atoms with Gasteiger partial charge in [-0.2, -0.15) is 0 Å². The fraction of sp³-hybridized carbons (Fsp3) is 0.125. The number of para-hydroxylation sites is 1. The molecule has 0 saturated carbocycles. The Kier molecular flexibility index (Phi) is 3.62. The molecule has 0 aliphatic carbocycles. The van der Waals surface area contributed by atoms with Gasteiger partial charge in [-0.1, -0.05) is 18.2 Å². The second-order valence-electron chi connectivity index (χ2n) is 4.65. The molecule has 0 bridgehead atoms. The third-order valence-corrected chi connectivity index (χ3v) is 3.51. The Labute approximate surface area is 126 Å². The number of carbonyl (C=O) groups excluding carboxylic acids is 2. The van der Waals surface area contributed by atoms with E-state index in [1.807, 2.05) is 30.3 Å². The lowest BCUT2D eigenvalue weighted by molar-refractivity contribution is -0.121. The summed E-state index contributed by atoms with van der Waals surface area (Å²) >= 11 is 5.80. The molecule has 0 N–H and O–H groups in total. The maximum Gasteiger partial charge on any atom is 0.252 e. The Morgan fingerprint density at radius 2 is 1.57 bits per heavy atom. The molecule has 21 heavy (non-hydrogen) atoms. The molecule has 1 aliphatic rings. The number of alkyl halides is 1. The van der Waals surface area contributed by atoms with Crippen LogP contribution in [-0.4, -0.2) is 17.2 Å². The van der Waals surface area contributed by atoms with Gasteiger partial charge < -0.3 is 4.74 Å². The second-order valence-corrected chi connectivity index (χ2v) is 5.17. The lowest BCUT2D eigenvalue weighted by Gasteiger charge is -2.14. The Bertz CT molecular complexity index is 670. The first-order valence-corrected chi connectivity index (χ1v) is 6.92. The number of hydrogen-bond donors (Lipinski definition) is 0. The van der Waals surface area contributed by atoms with Gasteiger partial charge in [0.1, 0.15) is 16.9 Å². The van der Waals surface area contributed by atoms with E-state index < -0.39 is 5.38 Å². The molecule has 1 fully saturated rings. The van der Waals surface area contributed by atoms with Crippen LogP contribution in [0.15, 0.2) is 54.6 Å². The lowest BCUT2D eigenvalue weighted by atomic mass is 10.2. The van der Waals surface area contributed by atoms with Crippen molar-refractivity contribution in [2.24, 2.45) is 0 Å². The zero-order chi connectivity index (χ0) is 14.8. The van der Waals surface area contributed by atoms with Crippen molar-refractivity contribution in [3.8, 4) is 11.5 Å². The van der Waals surface area contributed by atoms with Crippen molar-refractivity contribution >= 4 is 29.1 Å². The van der Waals surface area contributed by atoms with Crippen LogP contribution in [0.1, 0.15) is 6.42 Å². The van der Waals surface area contributed by atoms with E-state index in [-0.39, 0.29) is 18.2 Å². The molecule has 1 saturated heterocycles. The van der Waals surface area contributed by atoms with Crippen LogP contribution in [0.4, 0.5) is 5.69 Å². The Balaban J connectivity index is 1.78. The summed E-state index contributed by atoms with van der Waals surface area (Å²) in [5.74, 6) is 0.695. The van der Waals surface area contributed by atoms with Gasteiger partial charge in [0.05, 0.1) is 12.1 Å². The maximum atomic E-state index is 11.8. The number of carbonyl (C=O) groups is 2. The normalized spacial score (nSPS) is 18.1. The van der Waals surface area contributed by atoms with E-state index in [2.05, 4.69) is 0 Å². The Morgan fingerprint density at radius 3 is 2.14 bits per heavy atom. The predicted octanol–water partition coefficient (Wildman–Crippen LogP) is 3.35. The van der Waals surface area contributed by atoms with Gasteiger partial charge in [0.15, 0.2) is 0 Å². The second kappa shape index (κ2) is 5.58. The smallest absolute Gasteiger partial charge is 0.252 e. The van der Waals surface area contributed by atoms with Crippen LogP contribution in [0, 0.1) is 0 Å². The third-order valence-electron chi connectivity index (χ3n) is 3.17. The van der Waals surface area contributed by atoms with E-state index in [9.17, 15) is 9.59 Å². The first-order chi connectivity index (χ1) is 10.1. The highest BCUT2D eigenvalue weighted by atomic mass is 35.5. The maximum absolute atomic E-state index is 11.8. The molecule has 2 amide bonds. The molecule has 3 rings (SSSR count). The van der Waals surface area contributed by atoms with Gasteiger partial charge in [-0.25, -0.2) is 4.90 Å². The van der Waals surface area contributed by atoms with E-state index in [1.165, 1.54) is 0 Å². The number of benzene rings is 2. The first-order valence-electron chi connectivity index (χ1n) is 6.49. The van der Waals surface area contributed by atoms with Crippen LogP contribution >= 0.6 is 11.6 Å². The molecular formula is C16H12ClNO3. The summed E-state index contributed by atoms with van der Waals surface area (Å²) in [6, 6.07) is 16.1. The van der Waals surface area contributed by atoms with Crippen LogP contribution in [0.2, 0.25) is 0 Å². The van der Waals surface area contributed by atoms with Crippen molar-refractivity contribution in [3.05, 3.63) is 54.6 Å². The molecular weight excluding hydrogens is 290 g/mol. The summed E-state index contributed by atoms with van der Waals surface area (Å²) in [7, 11) is 0. The van der Waals surface area contributed by atoms with Gasteiger partial charge in [0, 0.05) is 0 Å². The van der Waals surface area contributed by atoms with Crippen molar-refractivity contribution in [2.45, 2.75) is 11.8 Å². The highest BCUT2D eigenvalue weighted by molar-refractivity contribution is 6.40. The van der Waals surface area contributed by atoms with E-state index in [0.29, 0.717) is 11.4 Å². The largest absolute Gasteiger partial charge is 0.457 e. The molecule has 2 aromatic rings. The molecule has 1 aliphatic heterocycles. The summed E-state index contributed by atoms with van der Waals surface area (Å²) in [4.78, 5) is 24.7. The number of hydrogen-bond acceptors (Lipinski definition) is 3. The number of amides is 2. The molecule has 0 aromatic heterocycles. The highest BCUT2D eigenvalue weighted by Gasteiger charge is 2.38. The first kappa shape index (κ1) is 13.6. The zero-order valence-corrected chi connectivity index (χ0v) is 11.8. The zero-order valence-electron chi connectivity index (χ0n) is 11.0. The number of halogens is 1. The topological polar surface area (TPSA) is 46.6 Å². The van der Waals surface area contributed by atoms with Crippen molar-refractivity contribution < 1.29 is 14.3 Å². The minimum atomic E-state index is -0.766. The van der Waals surface area contributed by atoms with E-state index >= 15 is 0 Å². The van der Waals surface area contributed by atoms with Crippen LogP contribution < -0.4 is 9.64 Å². The third kappa shape index (κ3) is 2.76. The van der Waals surface area contributed by atoms with Gasteiger partial charge in [-0.15, -0.1) is 11.6 Å². The molecule has 4 nitrogen and oxygen atoms in total. The van der Waals surface area contributed by atoms with Crippen molar-refractivity contribution in [1.82, 2.24) is 0 Å². The molecule has 106 valence electrons. The number of rotatable bonds is 3. The minimum absolute atomic E-state index is 0.0443. The van der Waals surface area contributed by atoms with Crippen LogP contribution in [-0.2, 0) is 9.59 Å². The summed E-state index contributed by atoms with van der Waals surface area (Å²) in [6.45, 7) is 0. The molecule has 1 unspecified atom stereocenters. The standard InChI is InChI=1S/C16H12ClNO3/c17-14-10-15(19)18(16(14)20)11-6-8-13(9-7-11)21-12-4-2-1-3-5-12/h1-9,14H,10H2. The van der Waals surface area contributed by atoms with Gasteiger partial charge >= 0.3 is 0 Å². The van der Waals surface area contributed by atoms with Crippen molar-refractivity contribution in [3.63, 3.8) is 0 Å². The van der Waals surface area contributed by atoms with Crippen molar-refractivity contribution in [2.75, 3.05) is 4.90 Å². The van der Waals surface area contributed by atoms with E-state index in [0.717, 1.165) is 10.6 Å². The predicted molar refractivity (Wildman–Crippen MR) is 79.7 cm³/mol. The fourth-order valence-electron chi connectivity index (χ4n) is 2.15. The lowest BCUT2D eigenvalue weighted by Crippen LogP contribution is -2.30. The Morgan fingerprint density at radius 1 is 0.952 bits per heavy atom. The van der Waals surface area contributed by atoms with Crippen LogP contribution in [0.3, 0.4) is 0 Å². The monoisotopic (exact) mass is 301 g/mol. The van der Waals surface area contributed by atoms with E-state index in [1.54, 1.807) is 24.3 Å². The van der Waals surface area contributed by atoms with Gasteiger partial charge in [0.2, 0.25) is 5.91 Å². The minimum Gasteiger partial charge on any atom is -0.457 e. The van der Waals surface area contributed by atoms with Crippen molar-refractivity contribution in [1.29, 1.82) is 0 Å². The van der Waals surface area contributed by atoms with Gasteiger partial charge in [-0.05, 0) is 36.4 Å². The van der Waals surface area contributed by atoms with Gasteiger partial charge in [0.25, 0.3) is 5.91 Å². The van der Waals surface area contributed by atoms with E-state index in [4.69, 9.17) is 16.3 Å².